The minimum Gasteiger partial charge on any atom is -0.367 e. The molecule has 6 heteroatoms. The highest BCUT2D eigenvalue weighted by atomic mass is 16.2. The van der Waals surface area contributed by atoms with E-state index in [9.17, 15) is 9.59 Å². The van der Waals surface area contributed by atoms with E-state index < -0.39 is 12.1 Å². The van der Waals surface area contributed by atoms with Crippen LogP contribution in [-0.4, -0.2) is 60.0 Å². The molecular weight excluding hydrogens is 244 g/mol. The van der Waals surface area contributed by atoms with Gasteiger partial charge in [-0.1, -0.05) is 0 Å². The molecule has 2 rings (SSSR count). The number of hydrogen-bond acceptors (Lipinski definition) is 4. The third-order valence-electron chi connectivity index (χ3n) is 4.12. The van der Waals surface area contributed by atoms with Gasteiger partial charge in [-0.3, -0.25) is 19.4 Å². The molecular formula is C13H24N4O2. The van der Waals surface area contributed by atoms with Gasteiger partial charge in [-0.2, -0.15) is 0 Å². The highest BCUT2D eigenvalue weighted by Crippen LogP contribution is 2.13. The van der Waals surface area contributed by atoms with Gasteiger partial charge in [-0.25, -0.2) is 0 Å². The molecule has 2 atom stereocenters. The van der Waals surface area contributed by atoms with Crippen LogP contribution in [0.25, 0.3) is 0 Å². The third kappa shape index (κ3) is 3.45. The Hall–Kier alpha value is -1.14. The Balaban J connectivity index is 1.92. The zero-order valence-electron chi connectivity index (χ0n) is 11.6. The van der Waals surface area contributed by atoms with Crippen molar-refractivity contribution in [2.45, 2.75) is 44.8 Å². The Morgan fingerprint density at radius 3 is 1.95 bits per heavy atom. The number of amides is 2. The van der Waals surface area contributed by atoms with E-state index in [0.29, 0.717) is 0 Å². The van der Waals surface area contributed by atoms with Gasteiger partial charge < -0.3 is 11.1 Å². The van der Waals surface area contributed by atoms with Crippen molar-refractivity contribution in [3.8, 4) is 0 Å². The molecule has 2 saturated heterocycles. The van der Waals surface area contributed by atoms with Crippen molar-refractivity contribution in [3.05, 3.63) is 0 Å². The van der Waals surface area contributed by atoms with E-state index in [1.54, 1.807) is 0 Å². The van der Waals surface area contributed by atoms with E-state index in [4.69, 9.17) is 5.73 Å². The van der Waals surface area contributed by atoms with E-state index in [0.717, 1.165) is 51.9 Å². The maximum Gasteiger partial charge on any atom is 0.255 e. The van der Waals surface area contributed by atoms with Crippen LogP contribution in [0.2, 0.25) is 0 Å². The maximum absolute atomic E-state index is 12.2. The number of nitrogens with two attached hydrogens (primary N) is 1. The van der Waals surface area contributed by atoms with Crippen molar-refractivity contribution in [2.24, 2.45) is 5.73 Å². The first-order valence-corrected chi connectivity index (χ1v) is 7.17. The summed E-state index contributed by atoms with van der Waals surface area (Å²) in [4.78, 5) is 27.8. The van der Waals surface area contributed by atoms with Gasteiger partial charge in [-0.15, -0.1) is 0 Å². The summed E-state index contributed by atoms with van der Waals surface area (Å²) in [6, 6.07) is -0.188. The number of carbonyl (C=O) groups excluding carboxylic acids is 2. The summed E-state index contributed by atoms with van der Waals surface area (Å²) in [5.41, 5.74) is 5.41. The number of rotatable bonds is 5. The fraction of sp³-hybridized carbons (Fsp3) is 0.846. The summed E-state index contributed by atoms with van der Waals surface area (Å²) < 4.78 is 0. The number of carbonyl (C=O) groups is 2. The molecule has 2 fully saturated rings. The van der Waals surface area contributed by atoms with Crippen LogP contribution in [0.5, 0.6) is 0 Å². The first-order valence-electron chi connectivity index (χ1n) is 7.17. The summed E-state index contributed by atoms with van der Waals surface area (Å²) in [6.07, 6.45) is 3.74. The highest BCUT2D eigenvalue weighted by molar-refractivity contribution is 5.88. The molecule has 3 N–H and O–H groups in total. The summed E-state index contributed by atoms with van der Waals surface area (Å²) in [7, 11) is 0. The van der Waals surface area contributed by atoms with E-state index >= 15 is 0 Å². The number of primary amides is 1. The number of hydrogen-bond donors (Lipinski definition) is 2. The Bertz CT molecular complexity index is 336. The maximum atomic E-state index is 12.2. The Kier molecular flexibility index (Phi) is 4.76. The van der Waals surface area contributed by atoms with Crippen LogP contribution < -0.4 is 11.1 Å². The molecule has 2 amide bonds. The fourth-order valence-corrected chi connectivity index (χ4v) is 2.89. The Morgan fingerprint density at radius 1 is 1.00 bits per heavy atom. The van der Waals surface area contributed by atoms with Crippen LogP contribution in [-0.2, 0) is 9.59 Å². The van der Waals surface area contributed by atoms with Crippen LogP contribution in [0.1, 0.15) is 32.6 Å². The second kappa shape index (κ2) is 6.34. The molecule has 0 aromatic rings. The predicted molar refractivity (Wildman–Crippen MR) is 72.2 cm³/mol. The van der Waals surface area contributed by atoms with E-state index in [1.165, 1.54) is 0 Å². The Labute approximate surface area is 114 Å². The summed E-state index contributed by atoms with van der Waals surface area (Å²) in [6.45, 7) is 5.46. The summed E-state index contributed by atoms with van der Waals surface area (Å²) >= 11 is 0. The van der Waals surface area contributed by atoms with Gasteiger partial charge in [0.2, 0.25) is 5.91 Å². The van der Waals surface area contributed by atoms with Crippen LogP contribution in [0, 0.1) is 0 Å². The number of nitrogens with one attached hydrogen (secondary N) is 1. The number of nitrogens with zero attached hydrogens (tertiary/aromatic N) is 2. The van der Waals surface area contributed by atoms with Gasteiger partial charge >= 0.3 is 0 Å². The predicted octanol–water partition coefficient (Wildman–Crippen LogP) is -0.506. The summed E-state index contributed by atoms with van der Waals surface area (Å²) in [5.74, 6) is -0.568. The number of likely N-dealkylation sites (tertiary alicyclic amines) is 2. The van der Waals surface area contributed by atoms with Crippen molar-refractivity contribution < 1.29 is 9.59 Å². The topological polar surface area (TPSA) is 78.7 Å². The van der Waals surface area contributed by atoms with Crippen molar-refractivity contribution in [3.63, 3.8) is 0 Å². The molecule has 0 aliphatic carbocycles. The van der Waals surface area contributed by atoms with Gasteiger partial charge in [0.25, 0.3) is 5.91 Å². The standard InChI is InChI=1S/C13H24N4O2/c1-10(16-6-2-3-7-16)13(19)15-12(11(14)18)17-8-4-5-9-17/h10,12H,2-9H2,1H3,(H2,14,18)(H,15,19). The van der Waals surface area contributed by atoms with Crippen molar-refractivity contribution in [1.82, 2.24) is 15.1 Å². The normalized spacial score (nSPS) is 24.3. The third-order valence-corrected chi connectivity index (χ3v) is 4.12. The monoisotopic (exact) mass is 268 g/mol. The van der Waals surface area contributed by atoms with E-state index in [1.807, 2.05) is 11.8 Å². The molecule has 0 saturated carbocycles. The van der Waals surface area contributed by atoms with Crippen LogP contribution >= 0.6 is 0 Å². The van der Waals surface area contributed by atoms with Gasteiger partial charge in [-0.05, 0) is 45.7 Å². The SMILES string of the molecule is CC(C(=O)NC(C(N)=O)N1CCCC1)N1CCCC1. The highest BCUT2D eigenvalue weighted by Gasteiger charge is 2.31. The minimum atomic E-state index is -0.653. The fourth-order valence-electron chi connectivity index (χ4n) is 2.89. The van der Waals surface area contributed by atoms with Crippen LogP contribution in [0.15, 0.2) is 0 Å². The average molecular weight is 268 g/mol. The average Bonchev–Trinajstić information content (AvgIpc) is 3.06. The minimum absolute atomic E-state index is 0.0994. The van der Waals surface area contributed by atoms with Gasteiger partial charge in [0, 0.05) is 13.1 Å². The quantitative estimate of drug-likeness (QED) is 0.704. The zero-order chi connectivity index (χ0) is 13.8. The van der Waals surface area contributed by atoms with Gasteiger partial charge in [0.1, 0.15) is 0 Å². The molecule has 2 heterocycles. The molecule has 0 aromatic carbocycles. The Morgan fingerprint density at radius 2 is 1.47 bits per heavy atom. The van der Waals surface area contributed by atoms with Crippen molar-refractivity contribution in [1.29, 1.82) is 0 Å². The van der Waals surface area contributed by atoms with E-state index in [2.05, 4.69) is 10.2 Å². The molecule has 0 bridgehead atoms. The first-order chi connectivity index (χ1) is 9.09. The molecule has 2 aliphatic rings. The molecule has 0 spiro atoms. The molecule has 2 aliphatic heterocycles. The second-order valence-electron chi connectivity index (χ2n) is 5.48. The van der Waals surface area contributed by atoms with Gasteiger partial charge in [0.05, 0.1) is 6.04 Å². The molecule has 0 radical (unpaired) electrons. The van der Waals surface area contributed by atoms with Crippen LogP contribution in [0.3, 0.4) is 0 Å². The smallest absolute Gasteiger partial charge is 0.255 e. The lowest BCUT2D eigenvalue weighted by Crippen LogP contribution is -2.58. The zero-order valence-corrected chi connectivity index (χ0v) is 11.6. The largest absolute Gasteiger partial charge is 0.367 e. The molecule has 0 aromatic heterocycles. The first kappa shape index (κ1) is 14.3. The van der Waals surface area contributed by atoms with Crippen molar-refractivity contribution >= 4 is 11.8 Å². The second-order valence-corrected chi connectivity index (χ2v) is 5.48. The summed E-state index contributed by atoms with van der Waals surface area (Å²) in [5, 5.41) is 2.81. The van der Waals surface area contributed by atoms with Crippen LogP contribution in [0.4, 0.5) is 0 Å². The lowest BCUT2D eigenvalue weighted by molar-refractivity contribution is -0.133. The van der Waals surface area contributed by atoms with Crippen molar-refractivity contribution in [2.75, 3.05) is 26.2 Å². The lowest BCUT2D eigenvalue weighted by atomic mass is 10.2. The molecule has 2 unspecified atom stereocenters. The lowest BCUT2D eigenvalue weighted by Gasteiger charge is -2.29. The molecule has 19 heavy (non-hydrogen) atoms. The van der Waals surface area contributed by atoms with E-state index in [-0.39, 0.29) is 11.9 Å². The molecule has 108 valence electrons. The van der Waals surface area contributed by atoms with Gasteiger partial charge in [0.15, 0.2) is 6.17 Å². The molecule has 6 nitrogen and oxygen atoms in total.